The van der Waals surface area contributed by atoms with Gasteiger partial charge in [-0.3, -0.25) is 9.78 Å². The van der Waals surface area contributed by atoms with Gasteiger partial charge in [-0.05, 0) is 49.2 Å². The molecule has 1 unspecified atom stereocenters. The van der Waals surface area contributed by atoms with Crippen LogP contribution in [-0.2, 0) is 11.3 Å². The van der Waals surface area contributed by atoms with Crippen LogP contribution >= 0.6 is 24.8 Å². The summed E-state index contributed by atoms with van der Waals surface area (Å²) in [6.45, 7) is 2.27. The molecule has 9 heteroatoms. The van der Waals surface area contributed by atoms with E-state index in [4.69, 9.17) is 5.73 Å². The Bertz CT molecular complexity index is 714. The molecule has 1 aromatic carbocycles. The quantitative estimate of drug-likeness (QED) is 0.557. The smallest absolute Gasteiger partial charge is 0.319 e. The maximum atomic E-state index is 12.0. The molecule has 2 rings (SSSR count). The number of nitrogens with zero attached hydrogens (tertiary/aromatic N) is 1. The monoisotopic (exact) mass is 413 g/mol. The Hall–Kier alpha value is -2.35. The number of halogens is 2. The molecule has 0 saturated heterocycles. The standard InChI is InChI=1S/C18H23N5O2.2ClH/c1-13(19)5-6-17(24)22-15-3-2-4-16(11-15)23-18(25)21-12-14-7-9-20-10-8-14;;/h2-4,7-11,13H,5-6,12,19H2,1H3,(H,22,24)(H2,21,23,25);2*1H. The summed E-state index contributed by atoms with van der Waals surface area (Å²) < 4.78 is 0. The van der Waals surface area contributed by atoms with Crippen LogP contribution in [0.1, 0.15) is 25.3 Å². The summed E-state index contributed by atoms with van der Waals surface area (Å²) in [6, 6.07) is 10.3. The fourth-order valence-electron chi connectivity index (χ4n) is 2.12. The molecule has 0 aliphatic carbocycles. The van der Waals surface area contributed by atoms with E-state index in [1.54, 1.807) is 36.7 Å². The molecule has 2 aromatic rings. The molecule has 0 saturated carbocycles. The Morgan fingerprint density at radius 3 is 2.33 bits per heavy atom. The topological polar surface area (TPSA) is 109 Å². The normalized spacial score (nSPS) is 10.6. The minimum atomic E-state index is -0.322. The Balaban J connectivity index is 0.00000338. The molecule has 0 aliphatic rings. The van der Waals surface area contributed by atoms with Crippen molar-refractivity contribution in [3.05, 3.63) is 54.4 Å². The molecule has 27 heavy (non-hydrogen) atoms. The minimum absolute atomic E-state index is 0. The van der Waals surface area contributed by atoms with Gasteiger partial charge in [-0.2, -0.15) is 0 Å². The minimum Gasteiger partial charge on any atom is -0.334 e. The zero-order valence-electron chi connectivity index (χ0n) is 15.0. The number of anilines is 2. The van der Waals surface area contributed by atoms with E-state index < -0.39 is 0 Å². The summed E-state index contributed by atoms with van der Waals surface area (Å²) in [4.78, 5) is 27.7. The van der Waals surface area contributed by atoms with Crippen LogP contribution in [-0.4, -0.2) is 23.0 Å². The number of rotatable bonds is 7. The molecule has 7 nitrogen and oxygen atoms in total. The molecule has 1 heterocycles. The van der Waals surface area contributed by atoms with Crippen LogP contribution in [0.2, 0.25) is 0 Å². The third-order valence-electron chi connectivity index (χ3n) is 3.43. The van der Waals surface area contributed by atoms with Crippen LogP contribution in [0.5, 0.6) is 0 Å². The largest absolute Gasteiger partial charge is 0.334 e. The first-order valence-electron chi connectivity index (χ1n) is 8.12. The molecule has 0 radical (unpaired) electrons. The van der Waals surface area contributed by atoms with Gasteiger partial charge in [-0.1, -0.05) is 6.07 Å². The number of amides is 3. The van der Waals surface area contributed by atoms with Crippen molar-refractivity contribution in [2.24, 2.45) is 5.73 Å². The number of hydrogen-bond acceptors (Lipinski definition) is 4. The van der Waals surface area contributed by atoms with Crippen molar-refractivity contribution in [1.82, 2.24) is 10.3 Å². The van der Waals surface area contributed by atoms with Crippen LogP contribution in [0.25, 0.3) is 0 Å². The van der Waals surface area contributed by atoms with E-state index >= 15 is 0 Å². The van der Waals surface area contributed by atoms with Gasteiger partial charge in [0.1, 0.15) is 0 Å². The predicted octanol–water partition coefficient (Wildman–Crippen LogP) is 3.31. The molecule has 0 spiro atoms. The lowest BCUT2D eigenvalue weighted by molar-refractivity contribution is -0.116. The molecule has 0 aliphatic heterocycles. The Kier molecular flexibility index (Phi) is 11.8. The van der Waals surface area contributed by atoms with Gasteiger partial charge >= 0.3 is 6.03 Å². The second-order valence-corrected chi connectivity index (χ2v) is 5.81. The van der Waals surface area contributed by atoms with Crippen molar-refractivity contribution in [3.8, 4) is 0 Å². The maximum absolute atomic E-state index is 12.0. The molecule has 5 N–H and O–H groups in total. The summed E-state index contributed by atoms with van der Waals surface area (Å²) in [7, 11) is 0. The highest BCUT2D eigenvalue weighted by Crippen LogP contribution is 2.15. The lowest BCUT2D eigenvalue weighted by atomic mass is 10.2. The van der Waals surface area contributed by atoms with Crippen LogP contribution < -0.4 is 21.7 Å². The number of nitrogens with two attached hydrogens (primary N) is 1. The highest BCUT2D eigenvalue weighted by atomic mass is 35.5. The van der Waals surface area contributed by atoms with Crippen LogP contribution in [0.15, 0.2) is 48.8 Å². The van der Waals surface area contributed by atoms with Gasteiger partial charge < -0.3 is 21.7 Å². The number of benzene rings is 1. The van der Waals surface area contributed by atoms with Crippen LogP contribution in [0, 0.1) is 0 Å². The van der Waals surface area contributed by atoms with Crippen molar-refractivity contribution < 1.29 is 9.59 Å². The van der Waals surface area contributed by atoms with Gasteiger partial charge in [0, 0.05) is 42.8 Å². The number of aromatic nitrogens is 1. The first-order valence-corrected chi connectivity index (χ1v) is 8.12. The second kappa shape index (κ2) is 12.9. The third-order valence-corrected chi connectivity index (χ3v) is 3.43. The van der Waals surface area contributed by atoms with Crippen molar-refractivity contribution in [3.63, 3.8) is 0 Å². The van der Waals surface area contributed by atoms with E-state index in [-0.39, 0.29) is 42.8 Å². The zero-order chi connectivity index (χ0) is 18.1. The molecular weight excluding hydrogens is 389 g/mol. The van der Waals surface area contributed by atoms with E-state index in [1.807, 2.05) is 19.1 Å². The molecule has 0 fully saturated rings. The molecule has 1 atom stereocenters. The van der Waals surface area contributed by atoms with Crippen molar-refractivity contribution in [2.75, 3.05) is 10.6 Å². The van der Waals surface area contributed by atoms with Gasteiger partial charge in [0.25, 0.3) is 0 Å². The highest BCUT2D eigenvalue weighted by molar-refractivity contribution is 5.93. The lowest BCUT2D eigenvalue weighted by Crippen LogP contribution is -2.28. The van der Waals surface area contributed by atoms with E-state index in [9.17, 15) is 9.59 Å². The Labute approximate surface area is 171 Å². The maximum Gasteiger partial charge on any atom is 0.319 e. The van der Waals surface area contributed by atoms with Gasteiger partial charge in [-0.15, -0.1) is 24.8 Å². The Morgan fingerprint density at radius 2 is 1.70 bits per heavy atom. The predicted molar refractivity (Wildman–Crippen MR) is 113 cm³/mol. The molecule has 148 valence electrons. The average molecular weight is 414 g/mol. The first-order chi connectivity index (χ1) is 12.0. The molecule has 3 amide bonds. The fourth-order valence-corrected chi connectivity index (χ4v) is 2.12. The summed E-state index contributed by atoms with van der Waals surface area (Å²) in [5.41, 5.74) is 7.83. The highest BCUT2D eigenvalue weighted by Gasteiger charge is 2.06. The zero-order valence-corrected chi connectivity index (χ0v) is 16.6. The molecule has 1 aromatic heterocycles. The molecular formula is C18H25Cl2N5O2. The fraction of sp³-hybridized carbons (Fsp3) is 0.278. The summed E-state index contributed by atoms with van der Waals surface area (Å²) in [6.07, 6.45) is 4.34. The van der Waals surface area contributed by atoms with Crippen molar-refractivity contribution >= 4 is 48.1 Å². The van der Waals surface area contributed by atoms with Crippen molar-refractivity contribution in [1.29, 1.82) is 0 Å². The summed E-state index contributed by atoms with van der Waals surface area (Å²) >= 11 is 0. The Morgan fingerprint density at radius 1 is 1.07 bits per heavy atom. The average Bonchev–Trinajstić information content (AvgIpc) is 2.59. The van der Waals surface area contributed by atoms with Gasteiger partial charge in [0.05, 0.1) is 0 Å². The van der Waals surface area contributed by atoms with Crippen LogP contribution in [0.4, 0.5) is 16.2 Å². The number of urea groups is 1. The first kappa shape index (κ1) is 24.7. The number of carbonyl (C=O) groups is 2. The SMILES string of the molecule is CC(N)CCC(=O)Nc1cccc(NC(=O)NCc2ccncc2)c1.Cl.Cl. The van der Waals surface area contributed by atoms with Gasteiger partial charge in [0.2, 0.25) is 5.91 Å². The van der Waals surface area contributed by atoms with E-state index in [0.29, 0.717) is 30.8 Å². The number of hydrogen-bond donors (Lipinski definition) is 4. The number of pyridine rings is 1. The van der Waals surface area contributed by atoms with Gasteiger partial charge in [0.15, 0.2) is 0 Å². The van der Waals surface area contributed by atoms with E-state index in [1.165, 1.54) is 0 Å². The van der Waals surface area contributed by atoms with Crippen LogP contribution in [0.3, 0.4) is 0 Å². The summed E-state index contributed by atoms with van der Waals surface area (Å²) in [5.74, 6) is -0.100. The molecule has 0 bridgehead atoms. The third kappa shape index (κ3) is 9.79. The van der Waals surface area contributed by atoms with E-state index in [2.05, 4.69) is 20.9 Å². The lowest BCUT2D eigenvalue weighted by Gasteiger charge is -2.10. The van der Waals surface area contributed by atoms with Gasteiger partial charge in [-0.25, -0.2) is 4.79 Å². The number of carbonyl (C=O) groups excluding carboxylic acids is 2. The van der Waals surface area contributed by atoms with E-state index in [0.717, 1.165) is 5.56 Å². The second-order valence-electron chi connectivity index (χ2n) is 5.81. The number of nitrogens with one attached hydrogen (secondary N) is 3. The summed E-state index contributed by atoms with van der Waals surface area (Å²) in [5, 5.41) is 8.30. The van der Waals surface area contributed by atoms with Crippen molar-refractivity contribution in [2.45, 2.75) is 32.4 Å².